The summed E-state index contributed by atoms with van der Waals surface area (Å²) >= 11 is 0. The van der Waals surface area contributed by atoms with E-state index < -0.39 is 5.97 Å². The zero-order valence-electron chi connectivity index (χ0n) is 10.5. The number of aromatic carboxylic acids is 1. The molecule has 2 aromatic rings. The van der Waals surface area contributed by atoms with Crippen molar-refractivity contribution in [3.8, 4) is 11.6 Å². The maximum absolute atomic E-state index is 13.1. The van der Waals surface area contributed by atoms with Gasteiger partial charge in [-0.15, -0.1) is 0 Å². The molecule has 0 spiro atoms. The van der Waals surface area contributed by atoms with Crippen LogP contribution in [0.15, 0.2) is 30.3 Å². The van der Waals surface area contributed by atoms with E-state index in [1.807, 2.05) is 0 Å². The summed E-state index contributed by atoms with van der Waals surface area (Å²) in [6, 6.07) is 7.25. The number of pyridine rings is 1. The minimum Gasteiger partial charge on any atom is -0.478 e. The normalized spacial score (nSPS) is 10.3. The van der Waals surface area contributed by atoms with Gasteiger partial charge in [0.05, 0.1) is 11.3 Å². The Morgan fingerprint density at radius 1 is 1.26 bits per heavy atom. The van der Waals surface area contributed by atoms with Crippen LogP contribution in [0.3, 0.4) is 0 Å². The predicted molar refractivity (Wildman–Crippen MR) is 67.1 cm³/mol. The average molecular weight is 261 g/mol. The number of nitrogens with zero attached hydrogens (tertiary/aromatic N) is 1. The van der Waals surface area contributed by atoms with Crippen LogP contribution in [-0.2, 0) is 0 Å². The van der Waals surface area contributed by atoms with E-state index in [0.29, 0.717) is 17.0 Å². The first kappa shape index (κ1) is 13.0. The summed E-state index contributed by atoms with van der Waals surface area (Å²) in [7, 11) is 0. The van der Waals surface area contributed by atoms with Gasteiger partial charge in [-0.2, -0.15) is 0 Å². The molecule has 0 saturated carbocycles. The molecule has 1 heterocycles. The van der Waals surface area contributed by atoms with Gasteiger partial charge in [0.15, 0.2) is 0 Å². The molecular weight excluding hydrogens is 249 g/mol. The highest BCUT2D eigenvalue weighted by atomic mass is 19.1. The van der Waals surface area contributed by atoms with Gasteiger partial charge in [-0.1, -0.05) is 0 Å². The van der Waals surface area contributed by atoms with Crippen molar-refractivity contribution in [1.82, 2.24) is 4.98 Å². The van der Waals surface area contributed by atoms with Gasteiger partial charge in [0.2, 0.25) is 5.88 Å². The third-order valence-corrected chi connectivity index (χ3v) is 2.64. The Hall–Kier alpha value is -2.43. The van der Waals surface area contributed by atoms with Crippen molar-refractivity contribution in [1.29, 1.82) is 0 Å². The number of carbonyl (C=O) groups is 1. The largest absolute Gasteiger partial charge is 0.478 e. The lowest BCUT2D eigenvalue weighted by molar-refractivity contribution is 0.0695. The van der Waals surface area contributed by atoms with Crippen LogP contribution in [0, 0.1) is 19.7 Å². The summed E-state index contributed by atoms with van der Waals surface area (Å²) in [5.41, 5.74) is 0.961. The standard InChI is InChI=1S/C14H12FNO3/c1-8-7-10(3-5-12(8)15)19-13-6-4-11(14(17)18)9(2)16-13/h3-7H,1-2H3,(H,17,18). The lowest BCUT2D eigenvalue weighted by Crippen LogP contribution is -2.02. The van der Waals surface area contributed by atoms with Gasteiger partial charge >= 0.3 is 5.97 Å². The summed E-state index contributed by atoms with van der Waals surface area (Å²) in [6.07, 6.45) is 0. The maximum Gasteiger partial charge on any atom is 0.337 e. The Bertz CT molecular complexity index is 641. The SMILES string of the molecule is Cc1cc(Oc2ccc(C(=O)O)c(C)n2)ccc1F. The smallest absolute Gasteiger partial charge is 0.337 e. The number of aryl methyl sites for hydroxylation is 2. The van der Waals surface area contributed by atoms with Gasteiger partial charge in [-0.3, -0.25) is 0 Å². The monoisotopic (exact) mass is 261 g/mol. The fourth-order valence-corrected chi connectivity index (χ4v) is 1.62. The first-order valence-corrected chi connectivity index (χ1v) is 5.62. The Morgan fingerprint density at radius 3 is 2.58 bits per heavy atom. The van der Waals surface area contributed by atoms with E-state index in [4.69, 9.17) is 9.84 Å². The summed E-state index contributed by atoms with van der Waals surface area (Å²) in [4.78, 5) is 14.9. The van der Waals surface area contributed by atoms with Crippen molar-refractivity contribution < 1.29 is 19.0 Å². The molecule has 0 aliphatic carbocycles. The van der Waals surface area contributed by atoms with E-state index in [0.717, 1.165) is 0 Å². The number of benzene rings is 1. The molecule has 0 fully saturated rings. The Balaban J connectivity index is 2.26. The Morgan fingerprint density at radius 2 is 2.00 bits per heavy atom. The molecule has 4 nitrogen and oxygen atoms in total. The maximum atomic E-state index is 13.1. The van der Waals surface area contributed by atoms with E-state index in [9.17, 15) is 9.18 Å². The second-order valence-electron chi connectivity index (χ2n) is 4.10. The molecule has 1 aromatic heterocycles. The van der Waals surface area contributed by atoms with Crippen LogP contribution in [0.2, 0.25) is 0 Å². The van der Waals surface area contributed by atoms with Crippen molar-refractivity contribution in [2.24, 2.45) is 0 Å². The number of hydrogen-bond acceptors (Lipinski definition) is 3. The topological polar surface area (TPSA) is 59.4 Å². The second-order valence-corrected chi connectivity index (χ2v) is 4.10. The number of ether oxygens (including phenoxy) is 1. The van der Waals surface area contributed by atoms with E-state index in [-0.39, 0.29) is 17.3 Å². The third kappa shape index (κ3) is 2.88. The molecule has 0 atom stereocenters. The molecule has 0 saturated heterocycles. The highest BCUT2D eigenvalue weighted by molar-refractivity contribution is 5.88. The summed E-state index contributed by atoms with van der Waals surface area (Å²) in [5, 5.41) is 8.89. The quantitative estimate of drug-likeness (QED) is 0.920. The number of halogens is 1. The number of aromatic nitrogens is 1. The minimum atomic E-state index is -1.03. The molecule has 2 rings (SSSR count). The number of hydrogen-bond donors (Lipinski definition) is 1. The zero-order valence-corrected chi connectivity index (χ0v) is 10.5. The molecule has 0 unspecified atom stereocenters. The van der Waals surface area contributed by atoms with Crippen LogP contribution < -0.4 is 4.74 Å². The molecular formula is C14H12FNO3. The molecule has 1 N–H and O–H groups in total. The molecule has 1 aromatic carbocycles. The van der Waals surface area contributed by atoms with E-state index in [1.54, 1.807) is 19.9 Å². The molecule has 98 valence electrons. The van der Waals surface area contributed by atoms with Gasteiger partial charge in [0, 0.05) is 6.07 Å². The Kier molecular flexibility index (Phi) is 3.46. The predicted octanol–water partition coefficient (Wildman–Crippen LogP) is 3.33. The summed E-state index contributed by atoms with van der Waals surface area (Å²) in [6.45, 7) is 3.22. The lowest BCUT2D eigenvalue weighted by Gasteiger charge is -2.07. The first-order valence-electron chi connectivity index (χ1n) is 5.62. The average Bonchev–Trinajstić information content (AvgIpc) is 2.33. The van der Waals surface area contributed by atoms with Gasteiger partial charge < -0.3 is 9.84 Å². The number of carboxylic acid groups (broad SMARTS) is 1. The van der Waals surface area contributed by atoms with Gasteiger partial charge in [-0.25, -0.2) is 14.2 Å². The molecule has 0 amide bonds. The van der Waals surface area contributed by atoms with Crippen LogP contribution in [-0.4, -0.2) is 16.1 Å². The van der Waals surface area contributed by atoms with Crippen LogP contribution in [0.5, 0.6) is 11.6 Å². The fraction of sp³-hybridized carbons (Fsp3) is 0.143. The second kappa shape index (κ2) is 5.06. The molecule has 0 bridgehead atoms. The zero-order chi connectivity index (χ0) is 14.0. The van der Waals surface area contributed by atoms with Gasteiger partial charge in [0.25, 0.3) is 0 Å². The van der Waals surface area contributed by atoms with E-state index >= 15 is 0 Å². The third-order valence-electron chi connectivity index (χ3n) is 2.64. The molecule has 19 heavy (non-hydrogen) atoms. The first-order chi connectivity index (χ1) is 8.97. The van der Waals surface area contributed by atoms with Crippen LogP contribution in [0.4, 0.5) is 4.39 Å². The van der Waals surface area contributed by atoms with Crippen molar-refractivity contribution in [2.75, 3.05) is 0 Å². The highest BCUT2D eigenvalue weighted by Gasteiger charge is 2.10. The van der Waals surface area contributed by atoms with Crippen LogP contribution in [0.25, 0.3) is 0 Å². The molecule has 0 aliphatic heterocycles. The van der Waals surface area contributed by atoms with Crippen molar-refractivity contribution >= 4 is 5.97 Å². The van der Waals surface area contributed by atoms with E-state index in [2.05, 4.69) is 4.98 Å². The fourth-order valence-electron chi connectivity index (χ4n) is 1.62. The van der Waals surface area contributed by atoms with Gasteiger partial charge in [0.1, 0.15) is 11.6 Å². The molecule has 5 heteroatoms. The van der Waals surface area contributed by atoms with Crippen molar-refractivity contribution in [2.45, 2.75) is 13.8 Å². The highest BCUT2D eigenvalue weighted by Crippen LogP contribution is 2.22. The lowest BCUT2D eigenvalue weighted by atomic mass is 10.2. The number of rotatable bonds is 3. The minimum absolute atomic E-state index is 0.127. The van der Waals surface area contributed by atoms with Crippen molar-refractivity contribution in [3.63, 3.8) is 0 Å². The van der Waals surface area contributed by atoms with Crippen LogP contribution >= 0.6 is 0 Å². The number of carboxylic acids is 1. The Labute approximate surface area is 109 Å². The molecule has 0 radical (unpaired) electrons. The molecule has 0 aliphatic rings. The van der Waals surface area contributed by atoms with Gasteiger partial charge in [-0.05, 0) is 43.7 Å². The van der Waals surface area contributed by atoms with Crippen molar-refractivity contribution in [3.05, 3.63) is 53.0 Å². The summed E-state index contributed by atoms with van der Waals surface area (Å²) < 4.78 is 18.6. The van der Waals surface area contributed by atoms with E-state index in [1.165, 1.54) is 24.3 Å². The summed E-state index contributed by atoms with van der Waals surface area (Å²) in [5.74, 6) is -0.616. The van der Waals surface area contributed by atoms with Crippen LogP contribution in [0.1, 0.15) is 21.6 Å².